The Morgan fingerprint density at radius 3 is 2.48 bits per heavy atom. The molecule has 0 saturated heterocycles. The lowest BCUT2D eigenvalue weighted by Gasteiger charge is -2.29. The minimum Gasteiger partial charge on any atom is -0.493 e. The fourth-order valence-electron chi connectivity index (χ4n) is 2.25. The second-order valence-corrected chi connectivity index (χ2v) is 5.59. The number of aliphatic hydroxyl groups excluding tert-OH is 1. The Kier molecular flexibility index (Phi) is 8.49. The summed E-state index contributed by atoms with van der Waals surface area (Å²) in [5.74, 6) is 3.79. The van der Waals surface area contributed by atoms with Gasteiger partial charge >= 0.3 is 0 Å². The molecule has 0 heterocycles. The van der Waals surface area contributed by atoms with Crippen LogP contribution in [-0.4, -0.2) is 56.1 Å². The van der Waals surface area contributed by atoms with Crippen LogP contribution in [0.1, 0.15) is 19.4 Å². The summed E-state index contributed by atoms with van der Waals surface area (Å²) in [4.78, 5) is 2.17. The number of aliphatic hydroxyl groups is 1. The van der Waals surface area contributed by atoms with E-state index in [1.54, 1.807) is 14.2 Å². The van der Waals surface area contributed by atoms with Gasteiger partial charge in [-0.15, -0.1) is 6.42 Å². The molecule has 1 aromatic carbocycles. The maximum absolute atomic E-state index is 10.1. The van der Waals surface area contributed by atoms with Crippen LogP contribution in [0, 0.1) is 12.3 Å². The molecule has 0 spiro atoms. The van der Waals surface area contributed by atoms with Crippen molar-refractivity contribution >= 4 is 0 Å². The zero-order chi connectivity index (χ0) is 17.2. The first-order chi connectivity index (χ1) is 11.0. The Morgan fingerprint density at radius 1 is 1.22 bits per heavy atom. The first kappa shape index (κ1) is 19.3. The van der Waals surface area contributed by atoms with E-state index < -0.39 is 6.10 Å². The predicted molar refractivity (Wildman–Crippen MR) is 90.8 cm³/mol. The molecule has 0 amide bonds. The van der Waals surface area contributed by atoms with Crippen molar-refractivity contribution in [3.63, 3.8) is 0 Å². The quantitative estimate of drug-likeness (QED) is 0.527. The fraction of sp³-hybridized carbons (Fsp3) is 0.556. The second kappa shape index (κ2) is 10.1. The third kappa shape index (κ3) is 6.49. The molecule has 0 radical (unpaired) electrons. The van der Waals surface area contributed by atoms with Gasteiger partial charge in [0, 0.05) is 19.1 Å². The van der Waals surface area contributed by atoms with E-state index in [-0.39, 0.29) is 19.3 Å². The lowest BCUT2D eigenvalue weighted by Crippen LogP contribution is -2.38. The van der Waals surface area contributed by atoms with Crippen molar-refractivity contribution in [2.24, 2.45) is 0 Å². The van der Waals surface area contributed by atoms with Gasteiger partial charge in [-0.2, -0.15) is 0 Å². The van der Waals surface area contributed by atoms with Crippen LogP contribution in [0.25, 0.3) is 0 Å². The average Bonchev–Trinajstić information content (AvgIpc) is 2.54. The first-order valence-corrected chi connectivity index (χ1v) is 7.66. The van der Waals surface area contributed by atoms with E-state index >= 15 is 0 Å². The smallest absolute Gasteiger partial charge is 0.161 e. The molecule has 1 rings (SSSR count). The highest BCUT2D eigenvalue weighted by atomic mass is 16.5. The summed E-state index contributed by atoms with van der Waals surface area (Å²) < 4.78 is 15.8. The van der Waals surface area contributed by atoms with Crippen molar-refractivity contribution in [1.29, 1.82) is 0 Å². The van der Waals surface area contributed by atoms with Crippen molar-refractivity contribution in [1.82, 2.24) is 4.90 Å². The molecule has 5 heteroatoms. The largest absolute Gasteiger partial charge is 0.493 e. The summed E-state index contributed by atoms with van der Waals surface area (Å²) in [6.45, 7) is 5.85. The van der Waals surface area contributed by atoms with Crippen LogP contribution in [0.3, 0.4) is 0 Å². The summed E-state index contributed by atoms with van der Waals surface area (Å²) in [5.41, 5.74) is 1.09. The molecule has 1 atom stereocenters. The Balaban J connectivity index is 2.70. The molecule has 5 nitrogen and oxygen atoms in total. The van der Waals surface area contributed by atoms with E-state index in [9.17, 15) is 5.11 Å². The van der Waals surface area contributed by atoms with E-state index in [0.717, 1.165) is 5.56 Å². The predicted octanol–water partition coefficient (Wildman–Crippen LogP) is 1.92. The van der Waals surface area contributed by atoms with Crippen LogP contribution in [0.2, 0.25) is 0 Å². The molecule has 0 aromatic heterocycles. The van der Waals surface area contributed by atoms with E-state index in [1.807, 2.05) is 18.2 Å². The molecule has 1 aromatic rings. The lowest BCUT2D eigenvalue weighted by molar-refractivity contribution is 0.0192. The number of rotatable bonds is 10. The molecule has 128 valence electrons. The van der Waals surface area contributed by atoms with Crippen LogP contribution < -0.4 is 9.47 Å². The topological polar surface area (TPSA) is 51.2 Å². The van der Waals surface area contributed by atoms with Gasteiger partial charge in [0.2, 0.25) is 0 Å². The van der Waals surface area contributed by atoms with Gasteiger partial charge in [-0.05, 0) is 31.5 Å². The minimum atomic E-state index is -0.578. The molecule has 0 saturated carbocycles. The number of hydrogen-bond donors (Lipinski definition) is 1. The third-order valence-corrected chi connectivity index (χ3v) is 3.50. The van der Waals surface area contributed by atoms with E-state index in [2.05, 4.69) is 24.7 Å². The van der Waals surface area contributed by atoms with Crippen LogP contribution in [0.15, 0.2) is 18.2 Å². The van der Waals surface area contributed by atoms with E-state index in [4.69, 9.17) is 20.6 Å². The van der Waals surface area contributed by atoms with Crippen LogP contribution in [-0.2, 0) is 11.3 Å². The van der Waals surface area contributed by atoms with E-state index in [0.29, 0.717) is 24.6 Å². The number of ether oxygens (including phenoxy) is 3. The molecular weight excluding hydrogens is 294 g/mol. The van der Waals surface area contributed by atoms with Crippen LogP contribution >= 0.6 is 0 Å². The summed E-state index contributed by atoms with van der Waals surface area (Å²) in [5, 5.41) is 10.1. The van der Waals surface area contributed by atoms with Gasteiger partial charge in [-0.3, -0.25) is 4.90 Å². The molecule has 0 bridgehead atoms. The van der Waals surface area contributed by atoms with Gasteiger partial charge < -0.3 is 19.3 Å². The van der Waals surface area contributed by atoms with E-state index in [1.165, 1.54) is 0 Å². The number of nitrogens with zero attached hydrogens (tertiary/aromatic N) is 1. The normalized spacial score (nSPS) is 12.3. The second-order valence-electron chi connectivity index (χ2n) is 5.59. The van der Waals surface area contributed by atoms with Crippen molar-refractivity contribution in [3.05, 3.63) is 23.8 Å². The SMILES string of the molecule is C#CCOC[C@@H](O)CN(Cc1ccc(OC)c(OC)c1)C(C)C. The highest BCUT2D eigenvalue weighted by molar-refractivity contribution is 5.42. The molecule has 0 fully saturated rings. The molecular formula is C18H27NO4. The van der Waals surface area contributed by atoms with Gasteiger partial charge in [0.05, 0.1) is 26.9 Å². The third-order valence-electron chi connectivity index (χ3n) is 3.50. The molecule has 23 heavy (non-hydrogen) atoms. The monoisotopic (exact) mass is 321 g/mol. The zero-order valence-electron chi connectivity index (χ0n) is 14.4. The summed E-state index contributed by atoms with van der Waals surface area (Å²) in [6.07, 6.45) is 4.55. The van der Waals surface area contributed by atoms with Crippen LogP contribution in [0.5, 0.6) is 11.5 Å². The highest BCUT2D eigenvalue weighted by Crippen LogP contribution is 2.28. The highest BCUT2D eigenvalue weighted by Gasteiger charge is 2.16. The zero-order valence-corrected chi connectivity index (χ0v) is 14.4. The van der Waals surface area contributed by atoms with Gasteiger partial charge in [-0.1, -0.05) is 12.0 Å². The molecule has 0 aliphatic carbocycles. The maximum atomic E-state index is 10.1. The number of terminal acetylenes is 1. The fourth-order valence-corrected chi connectivity index (χ4v) is 2.25. The van der Waals surface area contributed by atoms with Crippen molar-refractivity contribution in [3.8, 4) is 23.8 Å². The lowest BCUT2D eigenvalue weighted by atomic mass is 10.1. The van der Waals surface area contributed by atoms with Gasteiger partial charge in [0.15, 0.2) is 11.5 Å². The summed E-state index contributed by atoms with van der Waals surface area (Å²) >= 11 is 0. The summed E-state index contributed by atoms with van der Waals surface area (Å²) in [7, 11) is 3.24. The summed E-state index contributed by atoms with van der Waals surface area (Å²) in [6, 6.07) is 6.12. The molecule has 0 aliphatic heterocycles. The Labute approximate surface area is 139 Å². The van der Waals surface area contributed by atoms with Gasteiger partial charge in [-0.25, -0.2) is 0 Å². The Hall–Kier alpha value is -1.74. The van der Waals surface area contributed by atoms with Crippen molar-refractivity contribution < 1.29 is 19.3 Å². The van der Waals surface area contributed by atoms with Gasteiger partial charge in [0.1, 0.15) is 6.61 Å². The molecule has 0 unspecified atom stereocenters. The maximum Gasteiger partial charge on any atom is 0.161 e. The Bertz CT molecular complexity index is 510. The standard InChI is InChI=1S/C18H27NO4/c1-6-9-23-13-16(20)12-19(14(2)3)11-15-7-8-17(21-4)18(10-15)22-5/h1,7-8,10,14,16,20H,9,11-13H2,2-5H3/t16-/m0/s1. The first-order valence-electron chi connectivity index (χ1n) is 7.66. The molecule has 1 N–H and O–H groups in total. The minimum absolute atomic E-state index is 0.217. The molecule has 0 aliphatic rings. The van der Waals surface area contributed by atoms with Gasteiger partial charge in [0.25, 0.3) is 0 Å². The Morgan fingerprint density at radius 2 is 1.91 bits per heavy atom. The number of hydrogen-bond acceptors (Lipinski definition) is 5. The number of benzene rings is 1. The average molecular weight is 321 g/mol. The van der Waals surface area contributed by atoms with Crippen molar-refractivity contribution in [2.45, 2.75) is 32.5 Å². The number of methoxy groups -OCH3 is 2. The van der Waals surface area contributed by atoms with Crippen molar-refractivity contribution in [2.75, 3.05) is 34.0 Å². The van der Waals surface area contributed by atoms with Crippen LogP contribution in [0.4, 0.5) is 0 Å².